The molecule has 266 valence electrons. The van der Waals surface area contributed by atoms with Gasteiger partial charge in [-0.15, -0.1) is 11.3 Å². The van der Waals surface area contributed by atoms with E-state index in [1.54, 1.807) is 0 Å². The predicted molar refractivity (Wildman–Crippen MR) is 234 cm³/mol. The van der Waals surface area contributed by atoms with Crippen LogP contribution in [0, 0.1) is 0 Å². The molecule has 0 saturated carbocycles. The lowest BCUT2D eigenvalue weighted by Gasteiger charge is -2.12. The molecule has 4 heterocycles. The van der Waals surface area contributed by atoms with Gasteiger partial charge in [-0.2, -0.15) is 0 Å². The lowest BCUT2D eigenvalue weighted by molar-refractivity contribution is 0.668. The molecule has 0 spiro atoms. The van der Waals surface area contributed by atoms with Crippen LogP contribution >= 0.6 is 11.3 Å². The second kappa shape index (κ2) is 12.6. The Morgan fingerprint density at radius 1 is 0.316 bits per heavy atom. The standard InChI is InChI=1S/C51H29N3O2S/c1-2-11-30(12-3-1)49-52-50(32-21-24-37-36-15-6-8-18-42(36)55-44(37)28-32)54-51(53-49)33-22-25-38-41-27-31(23-26-43(41)56-45(38)29-33)34-13-4-5-14-35(34)39-17-10-20-47-48(39)40-16-7-9-19-46(40)57-47/h1-29H. The van der Waals surface area contributed by atoms with Gasteiger partial charge in [0, 0.05) is 58.4 Å². The van der Waals surface area contributed by atoms with Gasteiger partial charge in [0.05, 0.1) is 0 Å². The molecule has 12 aromatic rings. The number of fused-ring (bicyclic) bond motifs is 9. The van der Waals surface area contributed by atoms with E-state index in [-0.39, 0.29) is 0 Å². The van der Waals surface area contributed by atoms with Crippen LogP contribution in [0.2, 0.25) is 0 Å². The normalized spacial score (nSPS) is 11.9. The summed E-state index contributed by atoms with van der Waals surface area (Å²) in [6, 6.07) is 61.1. The van der Waals surface area contributed by atoms with Gasteiger partial charge < -0.3 is 8.83 Å². The van der Waals surface area contributed by atoms with Gasteiger partial charge in [-0.05, 0) is 76.9 Å². The van der Waals surface area contributed by atoms with Crippen molar-refractivity contribution in [2.45, 2.75) is 0 Å². The number of hydrogen-bond donors (Lipinski definition) is 0. The molecule has 0 saturated heterocycles. The Labute approximate surface area is 330 Å². The average molecular weight is 748 g/mol. The van der Waals surface area contributed by atoms with E-state index < -0.39 is 0 Å². The molecule has 6 heteroatoms. The minimum absolute atomic E-state index is 0.565. The van der Waals surface area contributed by atoms with E-state index in [9.17, 15) is 0 Å². The van der Waals surface area contributed by atoms with Gasteiger partial charge in [-0.25, -0.2) is 15.0 Å². The quantitative estimate of drug-likeness (QED) is 0.175. The van der Waals surface area contributed by atoms with E-state index in [1.165, 1.54) is 36.9 Å². The first kappa shape index (κ1) is 31.9. The second-order valence-corrected chi connectivity index (χ2v) is 15.4. The maximum atomic E-state index is 6.54. The molecule has 57 heavy (non-hydrogen) atoms. The monoisotopic (exact) mass is 747 g/mol. The number of aromatic nitrogens is 3. The lowest BCUT2D eigenvalue weighted by Crippen LogP contribution is -2.00. The Morgan fingerprint density at radius 2 is 0.860 bits per heavy atom. The fourth-order valence-corrected chi connectivity index (χ4v) is 9.40. The molecule has 5 nitrogen and oxygen atoms in total. The molecule has 12 rings (SSSR count). The topological polar surface area (TPSA) is 65.0 Å². The van der Waals surface area contributed by atoms with Crippen LogP contribution in [-0.2, 0) is 0 Å². The third-order valence-electron chi connectivity index (χ3n) is 11.0. The number of nitrogens with zero attached hydrogens (tertiary/aromatic N) is 3. The molecule has 4 aromatic heterocycles. The van der Waals surface area contributed by atoms with Gasteiger partial charge >= 0.3 is 0 Å². The fraction of sp³-hybridized carbons (Fsp3) is 0. The molecular weight excluding hydrogens is 719 g/mol. The summed E-state index contributed by atoms with van der Waals surface area (Å²) >= 11 is 1.85. The number of furan rings is 2. The van der Waals surface area contributed by atoms with Crippen LogP contribution in [0.1, 0.15) is 0 Å². The highest BCUT2D eigenvalue weighted by Crippen LogP contribution is 2.44. The van der Waals surface area contributed by atoms with Gasteiger partial charge in [-0.3, -0.25) is 0 Å². The Bertz CT molecular complexity index is 3540. The van der Waals surface area contributed by atoms with Crippen molar-refractivity contribution in [3.63, 3.8) is 0 Å². The summed E-state index contributed by atoms with van der Waals surface area (Å²) in [4.78, 5) is 15.0. The number of benzene rings is 8. The van der Waals surface area contributed by atoms with Crippen LogP contribution < -0.4 is 0 Å². The molecule has 0 radical (unpaired) electrons. The minimum atomic E-state index is 0.565. The molecule has 0 fully saturated rings. The summed E-state index contributed by atoms with van der Waals surface area (Å²) in [5.41, 5.74) is 10.6. The molecule has 0 aliphatic heterocycles. The summed E-state index contributed by atoms with van der Waals surface area (Å²) in [5, 5.41) is 6.83. The molecule has 0 aliphatic carbocycles. The van der Waals surface area contributed by atoms with E-state index in [4.69, 9.17) is 23.8 Å². The summed E-state index contributed by atoms with van der Waals surface area (Å²) in [6.07, 6.45) is 0. The van der Waals surface area contributed by atoms with E-state index in [0.717, 1.165) is 66.1 Å². The zero-order chi connectivity index (χ0) is 37.5. The predicted octanol–water partition coefficient (Wildman–Crippen LogP) is 14.4. The molecule has 0 atom stereocenters. The van der Waals surface area contributed by atoms with Crippen molar-refractivity contribution in [3.05, 3.63) is 176 Å². The largest absolute Gasteiger partial charge is 0.456 e. The zero-order valence-corrected chi connectivity index (χ0v) is 31.1. The van der Waals surface area contributed by atoms with E-state index >= 15 is 0 Å². The van der Waals surface area contributed by atoms with Gasteiger partial charge in [-0.1, -0.05) is 121 Å². The molecule has 0 N–H and O–H groups in total. The molecule has 8 aromatic carbocycles. The van der Waals surface area contributed by atoms with Crippen molar-refractivity contribution in [1.29, 1.82) is 0 Å². The second-order valence-electron chi connectivity index (χ2n) is 14.3. The zero-order valence-electron chi connectivity index (χ0n) is 30.3. The molecule has 0 amide bonds. The molecule has 0 bridgehead atoms. The van der Waals surface area contributed by atoms with Gasteiger partial charge in [0.2, 0.25) is 0 Å². The number of para-hydroxylation sites is 1. The Morgan fingerprint density at radius 3 is 1.63 bits per heavy atom. The first-order chi connectivity index (χ1) is 28.2. The number of rotatable bonds is 5. The van der Waals surface area contributed by atoms with Crippen molar-refractivity contribution in [3.8, 4) is 56.4 Å². The lowest BCUT2D eigenvalue weighted by atomic mass is 9.91. The average Bonchev–Trinajstić information content (AvgIpc) is 3.97. The van der Waals surface area contributed by atoms with Gasteiger partial charge in [0.25, 0.3) is 0 Å². The highest BCUT2D eigenvalue weighted by Gasteiger charge is 2.18. The van der Waals surface area contributed by atoms with Crippen molar-refractivity contribution in [2.24, 2.45) is 0 Å². The van der Waals surface area contributed by atoms with Gasteiger partial charge in [0.15, 0.2) is 17.5 Å². The summed E-state index contributed by atoms with van der Waals surface area (Å²) in [6.45, 7) is 0. The maximum absolute atomic E-state index is 6.54. The van der Waals surface area contributed by atoms with E-state index in [1.807, 2.05) is 72.0 Å². The smallest absolute Gasteiger partial charge is 0.164 e. The number of hydrogen-bond acceptors (Lipinski definition) is 6. The van der Waals surface area contributed by atoms with E-state index in [2.05, 4.69) is 115 Å². The first-order valence-corrected chi connectivity index (χ1v) is 19.7. The minimum Gasteiger partial charge on any atom is -0.456 e. The third kappa shape index (κ3) is 5.19. The van der Waals surface area contributed by atoms with E-state index in [0.29, 0.717) is 17.5 Å². The Balaban J connectivity index is 0.972. The first-order valence-electron chi connectivity index (χ1n) is 18.9. The summed E-state index contributed by atoms with van der Waals surface area (Å²) in [5.74, 6) is 1.73. The maximum Gasteiger partial charge on any atom is 0.164 e. The van der Waals surface area contributed by atoms with Crippen molar-refractivity contribution < 1.29 is 8.83 Å². The third-order valence-corrected chi connectivity index (χ3v) is 12.1. The number of thiophene rings is 1. The van der Waals surface area contributed by atoms with Crippen LogP contribution in [0.15, 0.2) is 185 Å². The van der Waals surface area contributed by atoms with Crippen molar-refractivity contribution >= 4 is 75.4 Å². The van der Waals surface area contributed by atoms with Crippen molar-refractivity contribution in [2.75, 3.05) is 0 Å². The molecular formula is C51H29N3O2S. The van der Waals surface area contributed by atoms with Crippen LogP contribution in [0.4, 0.5) is 0 Å². The molecule has 0 unspecified atom stereocenters. The Kier molecular flexibility index (Phi) is 7.03. The summed E-state index contributed by atoms with van der Waals surface area (Å²) < 4.78 is 15.4. The van der Waals surface area contributed by atoms with Crippen molar-refractivity contribution in [1.82, 2.24) is 15.0 Å². The van der Waals surface area contributed by atoms with Gasteiger partial charge in [0.1, 0.15) is 22.3 Å². The van der Waals surface area contributed by atoms with Crippen LogP contribution in [-0.4, -0.2) is 15.0 Å². The highest BCUT2D eigenvalue weighted by molar-refractivity contribution is 7.25. The SMILES string of the molecule is c1ccc(-c2nc(-c3ccc4c(c3)oc3ccccc34)nc(-c3ccc4c(c3)oc3ccc(-c5ccccc5-c5cccc6sc7ccccc7c56)cc34)n2)cc1. The fourth-order valence-electron chi connectivity index (χ4n) is 8.27. The summed E-state index contributed by atoms with van der Waals surface area (Å²) in [7, 11) is 0. The Hall–Kier alpha value is -7.41. The van der Waals surface area contributed by atoms with Crippen LogP contribution in [0.25, 0.3) is 120 Å². The highest BCUT2D eigenvalue weighted by atomic mass is 32.1. The van der Waals surface area contributed by atoms with Crippen LogP contribution in [0.5, 0.6) is 0 Å². The van der Waals surface area contributed by atoms with Crippen LogP contribution in [0.3, 0.4) is 0 Å². The molecule has 0 aliphatic rings.